The zero-order chi connectivity index (χ0) is 12.7. The summed E-state index contributed by atoms with van der Waals surface area (Å²) < 4.78 is 14.6. The number of hydrogen-bond donors (Lipinski definition) is 1. The lowest BCUT2D eigenvalue weighted by molar-refractivity contribution is 0.0696. The Morgan fingerprint density at radius 3 is 2.89 bits per heavy atom. The van der Waals surface area contributed by atoms with E-state index in [4.69, 9.17) is 5.11 Å². The molecule has 0 radical (unpaired) electrons. The number of tetrazole rings is 1. The Labute approximate surface area is 101 Å². The number of carboxylic acids is 1. The highest BCUT2D eigenvalue weighted by Crippen LogP contribution is 2.39. The van der Waals surface area contributed by atoms with E-state index in [2.05, 4.69) is 15.5 Å². The smallest absolute Gasteiger partial charge is 0.337 e. The largest absolute Gasteiger partial charge is 0.478 e. The van der Waals surface area contributed by atoms with E-state index in [1.54, 1.807) is 0 Å². The molecule has 92 valence electrons. The van der Waals surface area contributed by atoms with Gasteiger partial charge in [-0.15, -0.1) is 5.10 Å². The lowest BCUT2D eigenvalue weighted by atomic mass is 10.1. The minimum atomic E-state index is -1.14. The van der Waals surface area contributed by atoms with E-state index in [0.717, 1.165) is 25.0 Å². The van der Waals surface area contributed by atoms with E-state index >= 15 is 0 Å². The molecule has 1 fully saturated rings. The van der Waals surface area contributed by atoms with Gasteiger partial charge in [0.2, 0.25) is 0 Å². The average molecular weight is 248 g/mol. The van der Waals surface area contributed by atoms with E-state index in [-0.39, 0.29) is 17.2 Å². The summed E-state index contributed by atoms with van der Waals surface area (Å²) in [5.74, 6) is -0.831. The van der Waals surface area contributed by atoms with Crippen LogP contribution in [0, 0.1) is 5.82 Å². The molecule has 3 rings (SSSR count). The fraction of sp³-hybridized carbons (Fsp3) is 0.273. The van der Waals surface area contributed by atoms with Crippen molar-refractivity contribution in [1.29, 1.82) is 0 Å². The number of nitrogens with zero attached hydrogens (tertiary/aromatic N) is 4. The number of benzene rings is 1. The lowest BCUT2D eigenvalue weighted by Gasteiger charge is -2.07. The maximum Gasteiger partial charge on any atom is 0.337 e. The number of aromatic nitrogens is 4. The molecule has 1 N–H and O–H groups in total. The Balaban J connectivity index is 2.17. The molecule has 2 aromatic rings. The number of hydrogen-bond acceptors (Lipinski definition) is 4. The fourth-order valence-corrected chi connectivity index (χ4v) is 1.82. The minimum Gasteiger partial charge on any atom is -0.478 e. The quantitative estimate of drug-likeness (QED) is 0.887. The SMILES string of the molecule is O=C(O)c1ccc(F)cc1-n1nnnc1C1CC1. The van der Waals surface area contributed by atoms with Crippen molar-refractivity contribution < 1.29 is 14.3 Å². The zero-order valence-corrected chi connectivity index (χ0v) is 9.25. The second-order valence-electron chi connectivity index (χ2n) is 4.19. The van der Waals surface area contributed by atoms with Crippen molar-refractivity contribution >= 4 is 5.97 Å². The first-order valence-corrected chi connectivity index (χ1v) is 5.48. The molecule has 1 aliphatic carbocycles. The Morgan fingerprint density at radius 2 is 2.22 bits per heavy atom. The third kappa shape index (κ3) is 1.73. The van der Waals surface area contributed by atoms with Crippen molar-refractivity contribution in [2.75, 3.05) is 0 Å². The molecule has 0 bridgehead atoms. The van der Waals surface area contributed by atoms with Crippen LogP contribution >= 0.6 is 0 Å². The van der Waals surface area contributed by atoms with Crippen LogP contribution in [0.25, 0.3) is 5.69 Å². The molecule has 0 amide bonds. The summed E-state index contributed by atoms with van der Waals surface area (Å²) in [6.07, 6.45) is 1.94. The first-order valence-electron chi connectivity index (χ1n) is 5.48. The fourth-order valence-electron chi connectivity index (χ4n) is 1.82. The van der Waals surface area contributed by atoms with Crippen LogP contribution in [0.1, 0.15) is 34.9 Å². The molecule has 0 atom stereocenters. The molecular formula is C11H9FN4O2. The Hall–Kier alpha value is -2.31. The van der Waals surface area contributed by atoms with E-state index in [9.17, 15) is 9.18 Å². The van der Waals surface area contributed by atoms with Gasteiger partial charge in [-0.1, -0.05) is 0 Å². The molecule has 0 spiro atoms. The Bertz CT molecular complexity index is 621. The van der Waals surface area contributed by atoms with Gasteiger partial charge in [0.1, 0.15) is 5.82 Å². The molecule has 7 heteroatoms. The average Bonchev–Trinajstić information content (AvgIpc) is 3.06. The highest BCUT2D eigenvalue weighted by molar-refractivity contribution is 5.91. The first-order chi connectivity index (χ1) is 8.66. The third-order valence-electron chi connectivity index (χ3n) is 2.85. The molecule has 6 nitrogen and oxygen atoms in total. The molecular weight excluding hydrogens is 239 g/mol. The van der Waals surface area contributed by atoms with Gasteiger partial charge in [0.15, 0.2) is 5.82 Å². The van der Waals surface area contributed by atoms with Crippen molar-refractivity contribution in [2.45, 2.75) is 18.8 Å². The van der Waals surface area contributed by atoms with Gasteiger partial charge >= 0.3 is 5.97 Å². The highest BCUT2D eigenvalue weighted by Gasteiger charge is 2.31. The monoisotopic (exact) mass is 248 g/mol. The van der Waals surface area contributed by atoms with Crippen LogP contribution in [0.15, 0.2) is 18.2 Å². The predicted molar refractivity (Wildman–Crippen MR) is 58.0 cm³/mol. The molecule has 0 unspecified atom stereocenters. The normalized spacial score (nSPS) is 14.7. The van der Waals surface area contributed by atoms with Gasteiger partial charge in [0, 0.05) is 12.0 Å². The molecule has 0 saturated heterocycles. The zero-order valence-electron chi connectivity index (χ0n) is 9.25. The topological polar surface area (TPSA) is 80.9 Å². The molecule has 0 aliphatic heterocycles. The molecule has 1 aromatic carbocycles. The van der Waals surface area contributed by atoms with Crippen molar-refractivity contribution in [1.82, 2.24) is 20.2 Å². The van der Waals surface area contributed by atoms with Crippen LogP contribution < -0.4 is 0 Å². The van der Waals surface area contributed by atoms with Crippen molar-refractivity contribution in [3.8, 4) is 5.69 Å². The van der Waals surface area contributed by atoms with Gasteiger partial charge in [-0.3, -0.25) is 0 Å². The van der Waals surface area contributed by atoms with Crippen molar-refractivity contribution in [3.05, 3.63) is 35.4 Å². The Morgan fingerprint density at radius 1 is 1.44 bits per heavy atom. The highest BCUT2D eigenvalue weighted by atomic mass is 19.1. The minimum absolute atomic E-state index is 0.0226. The summed E-state index contributed by atoms with van der Waals surface area (Å²) in [5, 5.41) is 20.3. The van der Waals surface area contributed by atoms with Gasteiger partial charge in [-0.05, 0) is 35.4 Å². The number of rotatable bonds is 3. The van der Waals surface area contributed by atoms with Crippen LogP contribution in [0.4, 0.5) is 4.39 Å². The standard InChI is InChI=1S/C11H9FN4O2/c12-7-3-4-8(11(17)18)9(5-7)16-10(6-1-2-6)13-14-15-16/h3-6H,1-2H2,(H,17,18). The number of aromatic carboxylic acids is 1. The van der Waals surface area contributed by atoms with Crippen molar-refractivity contribution in [3.63, 3.8) is 0 Å². The predicted octanol–water partition coefficient (Wildman–Crippen LogP) is 1.38. The van der Waals surface area contributed by atoms with Gasteiger partial charge in [0.25, 0.3) is 0 Å². The summed E-state index contributed by atoms with van der Waals surface area (Å²) in [6, 6.07) is 3.45. The van der Waals surface area contributed by atoms with Gasteiger partial charge in [-0.25, -0.2) is 9.18 Å². The third-order valence-corrected chi connectivity index (χ3v) is 2.85. The van der Waals surface area contributed by atoms with Gasteiger partial charge < -0.3 is 5.11 Å². The van der Waals surface area contributed by atoms with Gasteiger partial charge in [-0.2, -0.15) is 4.68 Å². The van der Waals surface area contributed by atoms with Crippen LogP contribution in [-0.2, 0) is 0 Å². The van der Waals surface area contributed by atoms with Crippen LogP contribution in [-0.4, -0.2) is 31.3 Å². The Kier molecular flexibility index (Phi) is 2.32. The number of carbonyl (C=O) groups is 1. The van der Waals surface area contributed by atoms with E-state index in [1.807, 2.05) is 0 Å². The second-order valence-corrected chi connectivity index (χ2v) is 4.19. The molecule has 1 saturated carbocycles. The van der Waals surface area contributed by atoms with Crippen molar-refractivity contribution in [2.24, 2.45) is 0 Å². The van der Waals surface area contributed by atoms with Crippen LogP contribution in [0.2, 0.25) is 0 Å². The molecule has 1 aromatic heterocycles. The van der Waals surface area contributed by atoms with Gasteiger partial charge in [0.05, 0.1) is 11.3 Å². The van der Waals surface area contributed by atoms with Crippen LogP contribution in [0.3, 0.4) is 0 Å². The number of carboxylic acid groups (broad SMARTS) is 1. The number of halogens is 1. The maximum absolute atomic E-state index is 13.3. The lowest BCUT2D eigenvalue weighted by Crippen LogP contribution is -2.09. The summed E-state index contributed by atoms with van der Waals surface area (Å²) in [4.78, 5) is 11.1. The summed E-state index contributed by atoms with van der Waals surface area (Å²) >= 11 is 0. The summed E-state index contributed by atoms with van der Waals surface area (Å²) in [6.45, 7) is 0. The summed E-state index contributed by atoms with van der Waals surface area (Å²) in [5.41, 5.74) is 0.139. The molecule has 1 aliphatic rings. The first kappa shape index (κ1) is 10.8. The summed E-state index contributed by atoms with van der Waals surface area (Å²) in [7, 11) is 0. The van der Waals surface area contributed by atoms with E-state index < -0.39 is 11.8 Å². The molecule has 1 heterocycles. The maximum atomic E-state index is 13.3. The van der Waals surface area contributed by atoms with Crippen LogP contribution in [0.5, 0.6) is 0 Å². The second kappa shape index (κ2) is 3.86. The van der Waals surface area contributed by atoms with E-state index in [0.29, 0.717) is 5.82 Å². The molecule has 18 heavy (non-hydrogen) atoms. The van der Waals surface area contributed by atoms with E-state index in [1.165, 1.54) is 10.7 Å².